The Balaban J connectivity index is 3.08. The van der Waals surface area contributed by atoms with Crippen molar-refractivity contribution in [3.05, 3.63) is 29.8 Å². The van der Waals surface area contributed by atoms with Crippen LogP contribution in [0.5, 0.6) is 11.5 Å². The molecule has 122 valence electrons. The van der Waals surface area contributed by atoms with Crippen LogP contribution in [0.15, 0.2) is 24.3 Å². The molecule has 0 saturated carbocycles. The molecule has 1 rings (SSSR count). The fourth-order valence-electron chi connectivity index (χ4n) is 1.76. The maximum atomic E-state index is 10.6. The Hall–Kier alpha value is -0.883. The second-order valence-corrected chi connectivity index (χ2v) is 13.4. The van der Waals surface area contributed by atoms with Crippen LogP contribution in [-0.2, 0) is 4.79 Å². The zero-order valence-corrected chi connectivity index (χ0v) is 15.5. The molecule has 0 aromatic heterocycles. The summed E-state index contributed by atoms with van der Waals surface area (Å²) in [6.07, 6.45) is 3.92. The first-order chi connectivity index (χ1) is 10.3. The lowest BCUT2D eigenvalue weighted by atomic mass is 10.2. The van der Waals surface area contributed by atoms with E-state index in [1.54, 1.807) is 18.2 Å². The van der Waals surface area contributed by atoms with E-state index in [1.165, 1.54) is 13.2 Å². The lowest BCUT2D eigenvalue weighted by molar-refractivity contribution is -0.131. The van der Waals surface area contributed by atoms with Crippen molar-refractivity contribution in [2.45, 2.75) is 25.5 Å². The van der Waals surface area contributed by atoms with Crippen LogP contribution < -0.4 is 9.47 Å². The van der Waals surface area contributed by atoms with Crippen LogP contribution >= 0.6 is 33.2 Å². The molecule has 0 fully saturated rings. The normalized spacial score (nSPS) is 13.1. The van der Waals surface area contributed by atoms with Crippen LogP contribution in [0.25, 0.3) is 6.08 Å². The van der Waals surface area contributed by atoms with Crippen LogP contribution in [-0.4, -0.2) is 29.9 Å². The molecule has 1 unspecified atom stereocenters. The van der Waals surface area contributed by atoms with Gasteiger partial charge in [0.25, 0.3) is 0 Å². The predicted octanol–water partition coefficient (Wildman–Crippen LogP) is 4.54. The third-order valence-corrected chi connectivity index (χ3v) is 6.12. The molecule has 4 nitrogen and oxygen atoms in total. The number of benzene rings is 1. The summed E-state index contributed by atoms with van der Waals surface area (Å²) in [6, 6.07) is 2.00. The third kappa shape index (κ3) is 6.08. The zero-order valence-electron chi connectivity index (χ0n) is 12.2. The second kappa shape index (κ2) is 8.67. The highest BCUT2D eigenvalue weighted by Gasteiger charge is 2.38. The van der Waals surface area contributed by atoms with Crippen molar-refractivity contribution < 1.29 is 19.4 Å². The monoisotopic (exact) mass is 382 g/mol. The highest BCUT2D eigenvalue weighted by Crippen LogP contribution is 2.35. The number of carboxylic acid groups (broad SMARTS) is 1. The Morgan fingerprint density at radius 1 is 1.36 bits per heavy atom. The Labute approximate surface area is 144 Å². The fourth-order valence-corrected chi connectivity index (χ4v) is 4.02. The van der Waals surface area contributed by atoms with E-state index in [0.29, 0.717) is 23.5 Å². The minimum atomic E-state index is -3.05. The SMILES string of the molecule is CCCC(Oc1cc(/C=C/C(=O)O)ccc1OC)[Si](Cl)(Cl)Cl. The average molecular weight is 384 g/mol. The van der Waals surface area contributed by atoms with Gasteiger partial charge in [0.05, 0.1) is 7.11 Å². The summed E-state index contributed by atoms with van der Waals surface area (Å²) in [4.78, 5) is 10.6. The number of hydrogen-bond acceptors (Lipinski definition) is 3. The minimum absolute atomic E-state index is 0.423. The molecule has 22 heavy (non-hydrogen) atoms. The van der Waals surface area contributed by atoms with Gasteiger partial charge >= 0.3 is 12.0 Å². The van der Waals surface area contributed by atoms with Gasteiger partial charge in [-0.25, -0.2) is 4.79 Å². The summed E-state index contributed by atoms with van der Waals surface area (Å²) in [7, 11) is 1.51. The largest absolute Gasteiger partial charge is 0.493 e. The smallest absolute Gasteiger partial charge is 0.381 e. The van der Waals surface area contributed by atoms with Crippen molar-refractivity contribution in [2.24, 2.45) is 0 Å². The molecule has 0 saturated heterocycles. The Bertz CT molecular complexity index is 543. The standard InChI is InChI=1S/C14H17Cl3O4Si/c1-3-4-14(22(15,16)17)21-12-9-10(6-8-13(18)19)5-7-11(12)20-2/h5-9,14H,3-4H2,1-2H3,(H,18,19)/b8-6+. The molecule has 0 aliphatic rings. The molecule has 0 aliphatic heterocycles. The molecule has 1 atom stereocenters. The Morgan fingerprint density at radius 2 is 2.05 bits per heavy atom. The van der Waals surface area contributed by atoms with Gasteiger partial charge in [-0.1, -0.05) is 19.4 Å². The first kappa shape index (κ1) is 19.2. The summed E-state index contributed by atoms with van der Waals surface area (Å²) in [5, 5.41) is 8.68. The van der Waals surface area contributed by atoms with E-state index in [0.717, 1.165) is 12.5 Å². The number of methoxy groups -OCH3 is 1. The van der Waals surface area contributed by atoms with E-state index in [9.17, 15) is 4.79 Å². The lowest BCUT2D eigenvalue weighted by Crippen LogP contribution is -2.36. The molecule has 0 spiro atoms. The minimum Gasteiger partial charge on any atom is -0.493 e. The van der Waals surface area contributed by atoms with E-state index in [-0.39, 0.29) is 0 Å². The van der Waals surface area contributed by atoms with Crippen molar-refractivity contribution in [3.8, 4) is 11.5 Å². The van der Waals surface area contributed by atoms with Crippen molar-refractivity contribution in [1.82, 2.24) is 0 Å². The highest BCUT2D eigenvalue weighted by atomic mass is 35.8. The fraction of sp³-hybridized carbons (Fsp3) is 0.357. The van der Waals surface area contributed by atoms with Gasteiger partial charge in [-0.3, -0.25) is 0 Å². The van der Waals surface area contributed by atoms with Crippen LogP contribution in [0, 0.1) is 0 Å². The maximum absolute atomic E-state index is 10.6. The average Bonchev–Trinajstić information content (AvgIpc) is 2.43. The topological polar surface area (TPSA) is 55.8 Å². The van der Waals surface area contributed by atoms with Crippen molar-refractivity contribution in [1.29, 1.82) is 0 Å². The first-order valence-corrected chi connectivity index (χ1v) is 11.7. The molecule has 1 aromatic rings. The van der Waals surface area contributed by atoms with Crippen LogP contribution in [0.2, 0.25) is 0 Å². The van der Waals surface area contributed by atoms with E-state index >= 15 is 0 Å². The Morgan fingerprint density at radius 3 is 2.55 bits per heavy atom. The molecule has 8 heteroatoms. The summed E-state index contributed by atoms with van der Waals surface area (Å²) in [5.41, 5.74) is 0.148. The van der Waals surface area contributed by atoms with E-state index < -0.39 is 17.7 Å². The van der Waals surface area contributed by atoms with E-state index in [4.69, 9.17) is 47.8 Å². The van der Waals surface area contributed by atoms with Crippen molar-refractivity contribution in [2.75, 3.05) is 7.11 Å². The molecule has 1 N–H and O–H groups in total. The van der Waals surface area contributed by atoms with Crippen molar-refractivity contribution in [3.63, 3.8) is 0 Å². The number of carbonyl (C=O) groups is 1. The summed E-state index contributed by atoms with van der Waals surface area (Å²) < 4.78 is 11.1. The molecule has 0 heterocycles. The summed E-state index contributed by atoms with van der Waals surface area (Å²) in [5.74, 6) is -0.111. The lowest BCUT2D eigenvalue weighted by Gasteiger charge is -2.24. The maximum Gasteiger partial charge on any atom is 0.381 e. The van der Waals surface area contributed by atoms with Gasteiger partial charge in [-0.2, -0.15) is 0 Å². The first-order valence-electron chi connectivity index (χ1n) is 6.60. The van der Waals surface area contributed by atoms with Crippen LogP contribution in [0.1, 0.15) is 25.3 Å². The molecule has 0 amide bonds. The number of aliphatic carboxylic acids is 1. The van der Waals surface area contributed by atoms with Crippen molar-refractivity contribution >= 4 is 51.3 Å². The molecule has 0 aliphatic carbocycles. The summed E-state index contributed by atoms with van der Waals surface area (Å²) in [6.45, 7) is 1.98. The molecule has 0 bridgehead atoms. The van der Waals surface area contributed by atoms with Crippen LogP contribution in [0.3, 0.4) is 0 Å². The molecule has 1 aromatic carbocycles. The highest BCUT2D eigenvalue weighted by molar-refractivity contribution is 7.65. The van der Waals surface area contributed by atoms with Gasteiger partial charge in [-0.05, 0) is 30.2 Å². The quantitative estimate of drug-likeness (QED) is 0.407. The van der Waals surface area contributed by atoms with Gasteiger partial charge in [0.2, 0.25) is 0 Å². The van der Waals surface area contributed by atoms with E-state index in [1.807, 2.05) is 6.92 Å². The molecular formula is C14H17Cl3O4Si. The number of hydrogen-bond donors (Lipinski definition) is 1. The third-order valence-electron chi connectivity index (χ3n) is 2.79. The summed E-state index contributed by atoms with van der Waals surface area (Å²) >= 11 is 18.2. The Kier molecular flexibility index (Phi) is 7.55. The number of halogens is 3. The van der Waals surface area contributed by atoms with E-state index in [2.05, 4.69) is 0 Å². The van der Waals surface area contributed by atoms with Gasteiger partial charge < -0.3 is 14.6 Å². The van der Waals surface area contributed by atoms with Gasteiger partial charge in [0.1, 0.15) is 5.73 Å². The number of ether oxygens (including phenoxy) is 2. The number of carboxylic acids is 1. The van der Waals surface area contributed by atoms with Gasteiger partial charge in [-0.15, -0.1) is 33.2 Å². The zero-order chi connectivity index (χ0) is 16.8. The molecular weight excluding hydrogens is 367 g/mol. The number of rotatable bonds is 8. The predicted molar refractivity (Wildman–Crippen MR) is 92.3 cm³/mol. The van der Waals surface area contributed by atoms with Gasteiger partial charge in [0, 0.05) is 6.08 Å². The second-order valence-electron chi connectivity index (χ2n) is 4.52. The van der Waals surface area contributed by atoms with Crippen LogP contribution in [0.4, 0.5) is 0 Å². The molecule has 0 radical (unpaired) electrons. The van der Waals surface area contributed by atoms with Gasteiger partial charge in [0.15, 0.2) is 11.5 Å².